The lowest BCUT2D eigenvalue weighted by Crippen LogP contribution is -2.44. The number of carbonyl (C=O) groups is 2. The number of hydrogen-bond acceptors (Lipinski definition) is 4. The number of rotatable bonds is 3. The number of aliphatic hydroxyl groups excluding tert-OH is 1. The van der Waals surface area contributed by atoms with Crippen LogP contribution in [0.15, 0.2) is 0 Å². The van der Waals surface area contributed by atoms with Crippen molar-refractivity contribution in [1.29, 1.82) is 0 Å². The number of carbonyl (C=O) groups excluding carboxylic acids is 1. The SMILES string of the molecule is CNCC(=O)N1C[C@H](O)C[C@@H]1C(=O)O. The summed E-state index contributed by atoms with van der Waals surface area (Å²) in [5.41, 5.74) is 0. The quantitative estimate of drug-likeness (QED) is 0.505. The first kappa shape index (κ1) is 10.9. The molecule has 0 aromatic heterocycles. The molecule has 1 heterocycles. The smallest absolute Gasteiger partial charge is 0.326 e. The predicted molar refractivity (Wildman–Crippen MR) is 47.7 cm³/mol. The summed E-state index contributed by atoms with van der Waals surface area (Å²) < 4.78 is 0. The number of aliphatic hydroxyl groups is 1. The van der Waals surface area contributed by atoms with Gasteiger partial charge in [-0.2, -0.15) is 0 Å². The highest BCUT2D eigenvalue weighted by Crippen LogP contribution is 2.17. The Morgan fingerprint density at radius 1 is 1.57 bits per heavy atom. The van der Waals surface area contributed by atoms with E-state index in [1.165, 1.54) is 4.90 Å². The molecule has 1 amide bonds. The summed E-state index contributed by atoms with van der Waals surface area (Å²) in [6.07, 6.45) is -0.609. The molecule has 1 aliphatic heterocycles. The Morgan fingerprint density at radius 3 is 2.71 bits per heavy atom. The van der Waals surface area contributed by atoms with E-state index in [0.29, 0.717) is 0 Å². The van der Waals surface area contributed by atoms with E-state index in [-0.39, 0.29) is 25.4 Å². The fourth-order valence-electron chi connectivity index (χ4n) is 1.58. The van der Waals surface area contributed by atoms with E-state index < -0.39 is 18.1 Å². The number of carboxylic acids is 1. The highest BCUT2D eigenvalue weighted by atomic mass is 16.4. The number of nitrogens with one attached hydrogen (secondary N) is 1. The van der Waals surface area contributed by atoms with Gasteiger partial charge in [0.25, 0.3) is 0 Å². The summed E-state index contributed by atoms with van der Waals surface area (Å²) in [6, 6.07) is -0.883. The fourth-order valence-corrected chi connectivity index (χ4v) is 1.58. The van der Waals surface area contributed by atoms with Crippen molar-refractivity contribution in [3.05, 3.63) is 0 Å². The van der Waals surface area contributed by atoms with Crippen LogP contribution in [0, 0.1) is 0 Å². The standard InChI is InChI=1S/C8H14N2O4/c1-9-3-7(12)10-4-5(11)2-6(10)8(13)14/h5-6,9,11H,2-4H2,1H3,(H,13,14)/t5-,6-/m1/s1. The lowest BCUT2D eigenvalue weighted by atomic mass is 10.2. The van der Waals surface area contributed by atoms with Crippen molar-refractivity contribution < 1.29 is 19.8 Å². The fraction of sp³-hybridized carbons (Fsp3) is 0.750. The maximum absolute atomic E-state index is 11.4. The minimum Gasteiger partial charge on any atom is -0.480 e. The van der Waals surface area contributed by atoms with E-state index >= 15 is 0 Å². The normalized spacial score (nSPS) is 26.6. The number of amides is 1. The van der Waals surface area contributed by atoms with Crippen molar-refractivity contribution in [2.24, 2.45) is 0 Å². The predicted octanol–water partition coefficient (Wildman–Crippen LogP) is -1.75. The van der Waals surface area contributed by atoms with Crippen LogP contribution in [0.1, 0.15) is 6.42 Å². The van der Waals surface area contributed by atoms with E-state index in [1.807, 2.05) is 0 Å². The summed E-state index contributed by atoms with van der Waals surface area (Å²) in [4.78, 5) is 23.3. The molecule has 1 saturated heterocycles. The molecule has 2 atom stereocenters. The molecule has 0 aromatic rings. The van der Waals surface area contributed by atoms with Crippen molar-refractivity contribution in [3.8, 4) is 0 Å². The second-order valence-corrected chi connectivity index (χ2v) is 3.32. The first-order valence-electron chi connectivity index (χ1n) is 4.41. The number of likely N-dealkylation sites (tertiary alicyclic amines) is 1. The van der Waals surface area contributed by atoms with Gasteiger partial charge < -0.3 is 20.4 Å². The third-order valence-corrected chi connectivity index (χ3v) is 2.21. The Hall–Kier alpha value is -1.14. The molecule has 0 bridgehead atoms. The zero-order valence-electron chi connectivity index (χ0n) is 7.93. The van der Waals surface area contributed by atoms with Crippen molar-refractivity contribution in [1.82, 2.24) is 10.2 Å². The van der Waals surface area contributed by atoms with Gasteiger partial charge in [0.1, 0.15) is 6.04 Å². The van der Waals surface area contributed by atoms with Gasteiger partial charge in [0.2, 0.25) is 5.91 Å². The van der Waals surface area contributed by atoms with Crippen LogP contribution in [0.5, 0.6) is 0 Å². The van der Waals surface area contributed by atoms with Crippen molar-refractivity contribution >= 4 is 11.9 Å². The molecule has 0 spiro atoms. The van der Waals surface area contributed by atoms with E-state index in [1.54, 1.807) is 7.05 Å². The molecular weight excluding hydrogens is 188 g/mol. The molecule has 1 fully saturated rings. The van der Waals surface area contributed by atoms with Crippen LogP contribution in [0.25, 0.3) is 0 Å². The maximum atomic E-state index is 11.4. The molecule has 14 heavy (non-hydrogen) atoms. The molecule has 0 aromatic carbocycles. The lowest BCUT2D eigenvalue weighted by Gasteiger charge is -2.20. The van der Waals surface area contributed by atoms with Gasteiger partial charge in [-0.05, 0) is 7.05 Å². The first-order valence-corrected chi connectivity index (χ1v) is 4.41. The Morgan fingerprint density at radius 2 is 2.21 bits per heavy atom. The van der Waals surface area contributed by atoms with Gasteiger partial charge in [0, 0.05) is 13.0 Å². The van der Waals surface area contributed by atoms with E-state index in [9.17, 15) is 14.7 Å². The highest BCUT2D eigenvalue weighted by Gasteiger charge is 2.38. The van der Waals surface area contributed by atoms with Gasteiger partial charge in [-0.25, -0.2) is 4.79 Å². The highest BCUT2D eigenvalue weighted by molar-refractivity contribution is 5.85. The number of nitrogens with zero attached hydrogens (tertiary/aromatic N) is 1. The number of β-amino-alcohol motifs (C(OH)–C–C–N with tert-alkyl or cyclic N) is 1. The van der Waals surface area contributed by atoms with Crippen LogP contribution in [0.2, 0.25) is 0 Å². The van der Waals surface area contributed by atoms with Crippen LogP contribution < -0.4 is 5.32 Å². The monoisotopic (exact) mass is 202 g/mol. The van der Waals surface area contributed by atoms with Gasteiger partial charge >= 0.3 is 5.97 Å². The van der Waals surface area contributed by atoms with E-state index in [0.717, 1.165) is 0 Å². The molecular formula is C8H14N2O4. The largest absolute Gasteiger partial charge is 0.480 e. The van der Waals surface area contributed by atoms with Crippen LogP contribution in [-0.2, 0) is 9.59 Å². The van der Waals surface area contributed by atoms with Gasteiger partial charge in [-0.1, -0.05) is 0 Å². The van der Waals surface area contributed by atoms with Gasteiger partial charge in [-0.3, -0.25) is 4.79 Å². The number of hydrogen-bond donors (Lipinski definition) is 3. The van der Waals surface area contributed by atoms with E-state index in [4.69, 9.17) is 5.11 Å². The molecule has 0 radical (unpaired) electrons. The average molecular weight is 202 g/mol. The first-order chi connectivity index (χ1) is 6.56. The van der Waals surface area contributed by atoms with Crippen molar-refractivity contribution in [3.63, 3.8) is 0 Å². The third kappa shape index (κ3) is 2.21. The van der Waals surface area contributed by atoms with Crippen LogP contribution in [-0.4, -0.2) is 59.3 Å². The zero-order valence-corrected chi connectivity index (χ0v) is 7.93. The number of carboxylic acid groups (broad SMARTS) is 1. The summed E-state index contributed by atoms with van der Waals surface area (Å²) in [5, 5.41) is 20.7. The Bertz CT molecular complexity index is 243. The summed E-state index contributed by atoms with van der Waals surface area (Å²) in [5.74, 6) is -1.36. The Labute approximate surface area is 81.5 Å². The molecule has 0 saturated carbocycles. The van der Waals surface area contributed by atoms with Crippen LogP contribution in [0.3, 0.4) is 0 Å². The molecule has 1 rings (SSSR count). The minimum atomic E-state index is -1.06. The summed E-state index contributed by atoms with van der Waals surface area (Å²) in [6.45, 7) is 0.202. The topological polar surface area (TPSA) is 89.9 Å². The molecule has 1 aliphatic rings. The second kappa shape index (κ2) is 4.39. The molecule has 6 heteroatoms. The van der Waals surface area contributed by atoms with Crippen LogP contribution in [0.4, 0.5) is 0 Å². The minimum absolute atomic E-state index is 0.0938. The molecule has 3 N–H and O–H groups in total. The molecule has 6 nitrogen and oxygen atoms in total. The maximum Gasteiger partial charge on any atom is 0.326 e. The average Bonchev–Trinajstić information content (AvgIpc) is 2.48. The zero-order chi connectivity index (χ0) is 10.7. The van der Waals surface area contributed by atoms with E-state index in [2.05, 4.69) is 5.32 Å². The summed E-state index contributed by atoms with van der Waals surface area (Å²) in [7, 11) is 1.61. The Balaban J connectivity index is 2.66. The number of aliphatic carboxylic acids is 1. The van der Waals surface area contributed by atoms with Crippen LogP contribution >= 0.6 is 0 Å². The van der Waals surface area contributed by atoms with Crippen molar-refractivity contribution in [2.75, 3.05) is 20.1 Å². The lowest BCUT2D eigenvalue weighted by molar-refractivity contribution is -0.147. The van der Waals surface area contributed by atoms with Gasteiger partial charge in [-0.15, -0.1) is 0 Å². The molecule has 0 unspecified atom stereocenters. The number of likely N-dealkylation sites (N-methyl/N-ethyl adjacent to an activating group) is 1. The van der Waals surface area contributed by atoms with Gasteiger partial charge in [0.15, 0.2) is 0 Å². The molecule has 0 aliphatic carbocycles. The third-order valence-electron chi connectivity index (χ3n) is 2.21. The Kier molecular flexibility index (Phi) is 3.43. The summed E-state index contributed by atoms with van der Waals surface area (Å²) >= 11 is 0. The second-order valence-electron chi connectivity index (χ2n) is 3.32. The van der Waals surface area contributed by atoms with Crippen molar-refractivity contribution in [2.45, 2.75) is 18.6 Å². The molecule has 80 valence electrons. The van der Waals surface area contributed by atoms with Gasteiger partial charge in [0.05, 0.1) is 12.6 Å².